The van der Waals surface area contributed by atoms with E-state index in [1.165, 1.54) is 30.3 Å². The summed E-state index contributed by atoms with van der Waals surface area (Å²) in [5, 5.41) is 4.28. The van der Waals surface area contributed by atoms with Gasteiger partial charge in [-0.3, -0.25) is 0 Å². The molecule has 0 aliphatic carbocycles. The van der Waals surface area contributed by atoms with Crippen molar-refractivity contribution < 1.29 is 17.6 Å². The maximum Gasteiger partial charge on any atom is 0.390 e. The van der Waals surface area contributed by atoms with Crippen LogP contribution in [-0.2, 0) is 6.54 Å². The highest BCUT2D eigenvalue weighted by Gasteiger charge is 2.28. The molecular weight excluding hydrogens is 452 g/mol. The lowest BCUT2D eigenvalue weighted by Crippen LogP contribution is -2.25. The molecular formula is C20H15ClF4N6O. The first-order chi connectivity index (χ1) is 15.0. The van der Waals surface area contributed by atoms with Crippen molar-refractivity contribution in [3.8, 4) is 22.4 Å². The van der Waals surface area contributed by atoms with Crippen LogP contribution >= 0.6 is 11.6 Å². The fourth-order valence-corrected chi connectivity index (χ4v) is 3.59. The van der Waals surface area contributed by atoms with Gasteiger partial charge in [-0.15, -0.1) is 5.10 Å². The molecule has 3 heterocycles. The second-order valence-electron chi connectivity index (χ2n) is 7.05. The van der Waals surface area contributed by atoms with Gasteiger partial charge in [0.15, 0.2) is 5.65 Å². The molecule has 166 valence electrons. The third-order valence-corrected chi connectivity index (χ3v) is 4.88. The maximum absolute atomic E-state index is 13.5. The molecule has 0 aliphatic rings. The van der Waals surface area contributed by atoms with E-state index in [0.29, 0.717) is 27.1 Å². The van der Waals surface area contributed by atoms with E-state index >= 15 is 0 Å². The van der Waals surface area contributed by atoms with E-state index in [1.807, 2.05) is 0 Å². The highest BCUT2D eigenvalue weighted by Crippen LogP contribution is 2.35. The minimum Gasteiger partial charge on any atom is -0.369 e. The van der Waals surface area contributed by atoms with Crippen LogP contribution in [0.2, 0.25) is 5.15 Å². The van der Waals surface area contributed by atoms with E-state index < -0.39 is 30.6 Å². The number of nitrogen functional groups attached to an aromatic ring is 1. The Morgan fingerprint density at radius 3 is 2.41 bits per heavy atom. The first-order valence-corrected chi connectivity index (χ1v) is 9.67. The highest BCUT2D eigenvalue weighted by atomic mass is 35.5. The molecule has 32 heavy (non-hydrogen) atoms. The third kappa shape index (κ3) is 4.15. The number of hydrogen-bond donors (Lipinski definition) is 1. The van der Waals surface area contributed by atoms with Gasteiger partial charge in [0.2, 0.25) is 5.95 Å². The van der Waals surface area contributed by atoms with Crippen LogP contribution in [0, 0.1) is 12.7 Å². The van der Waals surface area contributed by atoms with E-state index in [0.717, 1.165) is 4.40 Å². The number of fused-ring (bicyclic) bond motifs is 1. The molecule has 0 atom stereocenters. The minimum atomic E-state index is -4.48. The number of hydrogen-bond acceptors (Lipinski definition) is 5. The molecule has 1 aromatic carbocycles. The zero-order valence-electron chi connectivity index (χ0n) is 16.5. The van der Waals surface area contributed by atoms with Crippen molar-refractivity contribution in [2.75, 3.05) is 5.73 Å². The van der Waals surface area contributed by atoms with Gasteiger partial charge in [-0.1, -0.05) is 11.6 Å². The van der Waals surface area contributed by atoms with Crippen LogP contribution in [0.1, 0.15) is 12.1 Å². The minimum absolute atomic E-state index is 0.00864. The van der Waals surface area contributed by atoms with Gasteiger partial charge in [-0.2, -0.15) is 13.2 Å². The van der Waals surface area contributed by atoms with Crippen molar-refractivity contribution >= 4 is 23.2 Å². The van der Waals surface area contributed by atoms with E-state index in [2.05, 4.69) is 15.1 Å². The summed E-state index contributed by atoms with van der Waals surface area (Å²) >= 11 is 6.11. The highest BCUT2D eigenvalue weighted by molar-refractivity contribution is 6.29. The fraction of sp³-hybridized carbons (Fsp3) is 0.200. The average molecular weight is 467 g/mol. The number of aromatic nitrogens is 5. The third-order valence-electron chi connectivity index (χ3n) is 4.69. The molecule has 0 bridgehead atoms. The number of anilines is 1. The van der Waals surface area contributed by atoms with Crippen LogP contribution in [0.15, 0.2) is 41.2 Å². The Balaban J connectivity index is 2.05. The number of benzene rings is 1. The number of nitrogens with two attached hydrogens (primary N) is 1. The lowest BCUT2D eigenvalue weighted by Gasteiger charge is -2.12. The number of alkyl halides is 3. The van der Waals surface area contributed by atoms with Crippen LogP contribution in [-0.4, -0.2) is 30.3 Å². The SMILES string of the molecule is Cc1cc(-c2c(-c3ccc(F)cc3)nc(N)n3c(=O)n(CCC(F)(F)F)nc23)cc(Cl)n1. The summed E-state index contributed by atoms with van der Waals surface area (Å²) in [6.45, 7) is 1.01. The van der Waals surface area contributed by atoms with E-state index in [4.69, 9.17) is 17.3 Å². The quantitative estimate of drug-likeness (QED) is 0.358. The molecule has 3 aromatic heterocycles. The molecule has 0 unspecified atom stereocenters. The zero-order valence-corrected chi connectivity index (χ0v) is 17.2. The molecule has 0 saturated heterocycles. The average Bonchev–Trinajstić information content (AvgIpc) is 3.02. The molecule has 0 spiro atoms. The molecule has 12 heteroatoms. The first-order valence-electron chi connectivity index (χ1n) is 9.30. The predicted octanol–water partition coefficient (Wildman–Crippen LogP) is 4.26. The number of pyridine rings is 1. The Labute approximate surface area is 183 Å². The van der Waals surface area contributed by atoms with Gasteiger partial charge in [0.05, 0.1) is 24.2 Å². The van der Waals surface area contributed by atoms with Crippen molar-refractivity contribution in [2.45, 2.75) is 26.1 Å². The molecule has 0 saturated carbocycles. The maximum atomic E-state index is 13.5. The summed E-state index contributed by atoms with van der Waals surface area (Å²) < 4.78 is 53.3. The van der Waals surface area contributed by atoms with Crippen LogP contribution in [0.5, 0.6) is 0 Å². The molecule has 0 radical (unpaired) electrons. The topological polar surface area (TPSA) is 91.1 Å². The second kappa shape index (κ2) is 7.90. The first kappa shape index (κ1) is 21.8. The lowest BCUT2D eigenvalue weighted by atomic mass is 10.00. The monoisotopic (exact) mass is 466 g/mol. The lowest BCUT2D eigenvalue weighted by molar-refractivity contribution is -0.137. The van der Waals surface area contributed by atoms with Gasteiger partial charge in [0.25, 0.3) is 0 Å². The normalized spacial score (nSPS) is 11.9. The molecule has 0 aliphatic heterocycles. The fourth-order valence-electron chi connectivity index (χ4n) is 3.34. The van der Waals surface area contributed by atoms with Crippen molar-refractivity contribution in [3.63, 3.8) is 0 Å². The Morgan fingerprint density at radius 1 is 1.09 bits per heavy atom. The molecule has 4 rings (SSSR count). The number of nitrogens with zero attached hydrogens (tertiary/aromatic N) is 5. The summed E-state index contributed by atoms with van der Waals surface area (Å²) in [6.07, 6.45) is -5.72. The summed E-state index contributed by atoms with van der Waals surface area (Å²) in [5.41, 5.74) is 7.14. The van der Waals surface area contributed by atoms with Crippen LogP contribution in [0.25, 0.3) is 28.0 Å². The van der Waals surface area contributed by atoms with Crippen LogP contribution in [0.4, 0.5) is 23.5 Å². The van der Waals surface area contributed by atoms with E-state index in [-0.39, 0.29) is 22.4 Å². The van der Waals surface area contributed by atoms with Gasteiger partial charge in [0.1, 0.15) is 11.0 Å². The summed E-state index contributed by atoms with van der Waals surface area (Å²) in [6, 6.07) is 8.54. The summed E-state index contributed by atoms with van der Waals surface area (Å²) in [7, 11) is 0. The van der Waals surface area contributed by atoms with Crippen LogP contribution < -0.4 is 11.4 Å². The largest absolute Gasteiger partial charge is 0.390 e. The Bertz CT molecular complexity index is 1360. The number of aryl methyl sites for hydroxylation is 2. The Kier molecular flexibility index (Phi) is 5.37. The van der Waals surface area contributed by atoms with Gasteiger partial charge in [-0.05, 0) is 48.9 Å². The predicted molar refractivity (Wildman–Crippen MR) is 111 cm³/mol. The Morgan fingerprint density at radius 2 is 1.78 bits per heavy atom. The van der Waals surface area contributed by atoms with E-state index in [9.17, 15) is 22.4 Å². The summed E-state index contributed by atoms with van der Waals surface area (Å²) in [4.78, 5) is 21.2. The van der Waals surface area contributed by atoms with Crippen molar-refractivity contribution in [1.29, 1.82) is 0 Å². The number of rotatable bonds is 4. The van der Waals surface area contributed by atoms with Crippen molar-refractivity contribution in [3.05, 3.63) is 63.5 Å². The van der Waals surface area contributed by atoms with Gasteiger partial charge >= 0.3 is 11.9 Å². The second-order valence-corrected chi connectivity index (χ2v) is 7.44. The standard InChI is InChI=1S/C20H15ClF4N6O/c1-10-8-12(9-14(21)27-10)15-16(11-2-4-13(22)5-3-11)28-18(26)31-17(15)29-30(19(31)32)7-6-20(23,24)25/h2-5,8-9H,6-7H2,1H3,(H2,26,28). The molecule has 2 N–H and O–H groups in total. The summed E-state index contributed by atoms with van der Waals surface area (Å²) in [5.74, 6) is -0.747. The van der Waals surface area contributed by atoms with Crippen molar-refractivity contribution in [1.82, 2.24) is 24.1 Å². The molecule has 0 amide bonds. The molecule has 0 fully saturated rings. The molecule has 7 nitrogen and oxygen atoms in total. The van der Waals surface area contributed by atoms with Gasteiger partial charge < -0.3 is 5.73 Å². The molecule has 4 aromatic rings. The number of halogens is 5. The smallest absolute Gasteiger partial charge is 0.369 e. The Hall–Kier alpha value is -3.47. The van der Waals surface area contributed by atoms with Crippen molar-refractivity contribution in [2.24, 2.45) is 0 Å². The van der Waals surface area contributed by atoms with Gasteiger partial charge in [-0.25, -0.2) is 28.2 Å². The zero-order chi connectivity index (χ0) is 23.2. The van der Waals surface area contributed by atoms with Crippen LogP contribution in [0.3, 0.4) is 0 Å². The van der Waals surface area contributed by atoms with E-state index in [1.54, 1.807) is 13.0 Å². The van der Waals surface area contributed by atoms with Gasteiger partial charge in [0, 0.05) is 11.3 Å².